The Morgan fingerprint density at radius 1 is 1.30 bits per heavy atom. The maximum Gasteiger partial charge on any atom is 0.255 e. The number of carbonyl (C=O) groups excluding carboxylic acids is 1. The number of nitrogens with zero attached hydrogens (tertiary/aromatic N) is 1. The zero-order chi connectivity index (χ0) is 16.6. The quantitative estimate of drug-likeness (QED) is 0.812. The molecule has 1 amide bonds. The number of aliphatic hydroxyl groups excluding tert-OH is 2. The molecule has 2 heterocycles. The van der Waals surface area contributed by atoms with Gasteiger partial charge in [0.1, 0.15) is 11.9 Å². The van der Waals surface area contributed by atoms with Crippen molar-refractivity contribution in [3.05, 3.63) is 34.6 Å². The first-order valence-electron chi connectivity index (χ1n) is 7.65. The summed E-state index contributed by atoms with van der Waals surface area (Å²) >= 11 is 5.95. The van der Waals surface area contributed by atoms with Crippen LogP contribution >= 0.6 is 11.6 Å². The first-order chi connectivity index (χ1) is 10.9. The van der Waals surface area contributed by atoms with Crippen molar-refractivity contribution < 1.29 is 24.1 Å². The highest BCUT2D eigenvalue weighted by molar-refractivity contribution is 6.33. The second-order valence-corrected chi connectivity index (χ2v) is 6.66. The van der Waals surface area contributed by atoms with Gasteiger partial charge in [0.05, 0.1) is 28.9 Å². The predicted molar refractivity (Wildman–Crippen MR) is 81.9 cm³/mol. The monoisotopic (exact) mass is 343 g/mol. The number of ether oxygens (including phenoxy) is 1. The molecule has 2 atom stereocenters. The van der Waals surface area contributed by atoms with Gasteiger partial charge in [-0.2, -0.15) is 0 Å². The number of amides is 1. The Morgan fingerprint density at radius 2 is 2.00 bits per heavy atom. The third-order valence-electron chi connectivity index (χ3n) is 4.71. The molecular weight excluding hydrogens is 325 g/mol. The van der Waals surface area contributed by atoms with Crippen molar-refractivity contribution in [2.75, 3.05) is 19.7 Å². The molecular formula is C16H19ClFNO4. The molecule has 2 fully saturated rings. The minimum absolute atomic E-state index is 0.0998. The summed E-state index contributed by atoms with van der Waals surface area (Å²) in [6.45, 7) is 1.05. The molecule has 2 saturated heterocycles. The average molecular weight is 344 g/mol. The highest BCUT2D eigenvalue weighted by atomic mass is 35.5. The van der Waals surface area contributed by atoms with E-state index in [1.54, 1.807) is 4.90 Å². The molecule has 126 valence electrons. The van der Waals surface area contributed by atoms with Gasteiger partial charge in [-0.1, -0.05) is 11.6 Å². The van der Waals surface area contributed by atoms with Gasteiger partial charge in [0.2, 0.25) is 0 Å². The van der Waals surface area contributed by atoms with E-state index < -0.39 is 23.6 Å². The minimum atomic E-state index is -0.849. The third kappa shape index (κ3) is 3.35. The minimum Gasteiger partial charge on any atom is -0.390 e. The van der Waals surface area contributed by atoms with Crippen LogP contribution in [0.1, 0.15) is 29.6 Å². The Bertz CT molecular complexity index is 604. The number of hydrogen-bond donors (Lipinski definition) is 2. The zero-order valence-electron chi connectivity index (χ0n) is 12.5. The fraction of sp³-hybridized carbons (Fsp3) is 0.562. The van der Waals surface area contributed by atoms with E-state index >= 15 is 0 Å². The van der Waals surface area contributed by atoms with Crippen LogP contribution in [0.5, 0.6) is 0 Å². The van der Waals surface area contributed by atoms with E-state index in [2.05, 4.69) is 0 Å². The molecule has 0 aromatic heterocycles. The molecule has 1 spiro atoms. The van der Waals surface area contributed by atoms with E-state index in [-0.39, 0.29) is 23.1 Å². The second kappa shape index (κ2) is 6.36. The molecule has 1 aromatic carbocycles. The summed E-state index contributed by atoms with van der Waals surface area (Å²) < 4.78 is 18.8. The highest BCUT2D eigenvalue weighted by Crippen LogP contribution is 2.35. The van der Waals surface area contributed by atoms with Gasteiger partial charge in [-0.05, 0) is 31.0 Å². The lowest BCUT2D eigenvalue weighted by Crippen LogP contribution is -2.55. The third-order valence-corrected chi connectivity index (χ3v) is 5.02. The lowest BCUT2D eigenvalue weighted by Gasteiger charge is -2.46. The van der Waals surface area contributed by atoms with E-state index in [0.29, 0.717) is 32.4 Å². The van der Waals surface area contributed by atoms with Crippen LogP contribution in [0.3, 0.4) is 0 Å². The van der Waals surface area contributed by atoms with Gasteiger partial charge in [-0.15, -0.1) is 0 Å². The number of carbonyl (C=O) groups is 1. The maximum absolute atomic E-state index is 13.1. The number of piperidine rings is 1. The van der Waals surface area contributed by atoms with Crippen LogP contribution < -0.4 is 0 Å². The summed E-state index contributed by atoms with van der Waals surface area (Å²) in [5, 5.41) is 19.5. The van der Waals surface area contributed by atoms with Crippen molar-refractivity contribution >= 4 is 17.5 Å². The summed E-state index contributed by atoms with van der Waals surface area (Å²) in [6.07, 6.45) is -0.105. The zero-order valence-corrected chi connectivity index (χ0v) is 13.3. The van der Waals surface area contributed by atoms with Crippen molar-refractivity contribution in [3.8, 4) is 0 Å². The summed E-state index contributed by atoms with van der Waals surface area (Å²) in [5.41, 5.74) is -0.203. The smallest absolute Gasteiger partial charge is 0.255 e. The Morgan fingerprint density at radius 3 is 2.61 bits per heavy atom. The van der Waals surface area contributed by atoms with Crippen LogP contribution in [0, 0.1) is 5.82 Å². The summed E-state index contributed by atoms with van der Waals surface area (Å²) in [4.78, 5) is 14.2. The molecule has 0 bridgehead atoms. The van der Waals surface area contributed by atoms with Crippen LogP contribution in [0.15, 0.2) is 18.2 Å². The Hall–Kier alpha value is -1.21. The molecule has 5 nitrogen and oxygen atoms in total. The van der Waals surface area contributed by atoms with Crippen molar-refractivity contribution in [2.24, 2.45) is 0 Å². The first kappa shape index (κ1) is 16.6. The second-order valence-electron chi connectivity index (χ2n) is 6.25. The lowest BCUT2D eigenvalue weighted by atomic mass is 9.82. The van der Waals surface area contributed by atoms with Crippen LogP contribution in [0.2, 0.25) is 5.02 Å². The molecule has 2 aliphatic heterocycles. The van der Waals surface area contributed by atoms with Gasteiger partial charge in [0.25, 0.3) is 5.91 Å². The maximum atomic E-state index is 13.1. The molecule has 0 aliphatic carbocycles. The largest absolute Gasteiger partial charge is 0.390 e. The summed E-state index contributed by atoms with van der Waals surface area (Å²) in [5.74, 6) is -0.714. The van der Waals surface area contributed by atoms with Crippen LogP contribution in [0.4, 0.5) is 4.39 Å². The van der Waals surface area contributed by atoms with Crippen molar-refractivity contribution in [3.63, 3.8) is 0 Å². The van der Waals surface area contributed by atoms with E-state index in [4.69, 9.17) is 16.3 Å². The molecule has 0 saturated carbocycles. The Labute approximate surface area is 138 Å². The SMILES string of the molecule is O=C(c1ccc(F)cc1Cl)N1CCC2(CC1)C[C@@H](O)[C@@H](O)CO2. The van der Waals surface area contributed by atoms with E-state index in [1.165, 1.54) is 12.1 Å². The van der Waals surface area contributed by atoms with Crippen LogP contribution in [-0.4, -0.2) is 58.5 Å². The number of halogens is 2. The standard InChI is InChI=1S/C16H19ClFNO4/c17-12-7-10(18)1-2-11(12)15(22)19-5-3-16(4-6-19)8-13(20)14(21)9-23-16/h1-2,7,13-14,20-21H,3-6,8-9H2/t13-,14+/m1/s1. The van der Waals surface area contributed by atoms with Crippen molar-refractivity contribution in [2.45, 2.75) is 37.1 Å². The highest BCUT2D eigenvalue weighted by Gasteiger charge is 2.43. The van der Waals surface area contributed by atoms with E-state index in [1.807, 2.05) is 0 Å². The Kier molecular flexibility index (Phi) is 4.60. The van der Waals surface area contributed by atoms with E-state index in [9.17, 15) is 19.4 Å². The van der Waals surface area contributed by atoms with Crippen molar-refractivity contribution in [1.29, 1.82) is 0 Å². The molecule has 23 heavy (non-hydrogen) atoms. The normalized spacial score (nSPS) is 27.2. The number of rotatable bonds is 1. The molecule has 1 aromatic rings. The van der Waals surface area contributed by atoms with Crippen molar-refractivity contribution in [1.82, 2.24) is 4.90 Å². The first-order valence-corrected chi connectivity index (χ1v) is 8.02. The fourth-order valence-corrected chi connectivity index (χ4v) is 3.50. The number of hydrogen-bond acceptors (Lipinski definition) is 4. The van der Waals surface area contributed by atoms with Crippen LogP contribution in [0.25, 0.3) is 0 Å². The predicted octanol–water partition coefficient (Wildman–Crippen LogP) is 1.60. The molecule has 0 radical (unpaired) electrons. The van der Waals surface area contributed by atoms with Gasteiger partial charge in [-0.3, -0.25) is 4.79 Å². The van der Waals surface area contributed by atoms with Crippen LogP contribution in [-0.2, 0) is 4.74 Å². The van der Waals surface area contributed by atoms with Gasteiger partial charge < -0.3 is 19.8 Å². The lowest BCUT2D eigenvalue weighted by molar-refractivity contribution is -0.185. The van der Waals surface area contributed by atoms with Gasteiger partial charge in [0, 0.05) is 19.5 Å². The molecule has 2 N–H and O–H groups in total. The average Bonchev–Trinajstić information content (AvgIpc) is 2.52. The number of aliphatic hydroxyl groups is 2. The molecule has 0 unspecified atom stereocenters. The van der Waals surface area contributed by atoms with Gasteiger partial charge in [-0.25, -0.2) is 4.39 Å². The fourth-order valence-electron chi connectivity index (χ4n) is 3.25. The summed E-state index contributed by atoms with van der Waals surface area (Å²) in [7, 11) is 0. The van der Waals surface area contributed by atoms with Gasteiger partial charge in [0.15, 0.2) is 0 Å². The number of likely N-dealkylation sites (tertiary alicyclic amines) is 1. The topological polar surface area (TPSA) is 70.0 Å². The molecule has 3 rings (SSSR count). The van der Waals surface area contributed by atoms with E-state index in [0.717, 1.165) is 6.07 Å². The van der Waals surface area contributed by atoms with Gasteiger partial charge >= 0.3 is 0 Å². The Balaban J connectivity index is 1.66. The molecule has 7 heteroatoms. The summed E-state index contributed by atoms with van der Waals surface area (Å²) in [6, 6.07) is 3.73. The molecule has 2 aliphatic rings. The number of benzene rings is 1.